The zero-order valence-electron chi connectivity index (χ0n) is 7.01. The average Bonchev–Trinajstić information content (AvgIpc) is 2.76. The van der Waals surface area contributed by atoms with Crippen molar-refractivity contribution in [3.8, 4) is 0 Å². The third kappa shape index (κ3) is 0.874. The molecule has 1 aliphatic rings. The van der Waals surface area contributed by atoms with Crippen molar-refractivity contribution in [3.63, 3.8) is 0 Å². The first-order chi connectivity index (χ1) is 6.30. The van der Waals surface area contributed by atoms with E-state index in [-0.39, 0.29) is 5.54 Å². The van der Waals surface area contributed by atoms with Crippen molar-refractivity contribution in [1.82, 2.24) is 19.6 Å². The summed E-state index contributed by atoms with van der Waals surface area (Å²) in [6, 6.07) is 0. The van der Waals surface area contributed by atoms with Crippen molar-refractivity contribution in [1.29, 1.82) is 0 Å². The minimum absolute atomic E-state index is 0.199. The summed E-state index contributed by atoms with van der Waals surface area (Å²) in [6.45, 7) is 0. The summed E-state index contributed by atoms with van der Waals surface area (Å²) in [5.74, 6) is 0.620. The predicted molar refractivity (Wildman–Crippen MR) is 45.9 cm³/mol. The Bertz CT molecular complexity index is 456. The summed E-state index contributed by atoms with van der Waals surface area (Å²) in [6.07, 6.45) is 7.06. The highest BCUT2D eigenvalue weighted by molar-refractivity contribution is 5.33. The van der Waals surface area contributed by atoms with Gasteiger partial charge < -0.3 is 5.73 Å². The molecule has 0 aliphatic heterocycles. The van der Waals surface area contributed by atoms with E-state index < -0.39 is 0 Å². The van der Waals surface area contributed by atoms with Crippen LogP contribution in [0.3, 0.4) is 0 Å². The third-order valence-electron chi connectivity index (χ3n) is 2.46. The van der Waals surface area contributed by atoms with Crippen LogP contribution in [0.1, 0.15) is 18.5 Å². The molecule has 5 heteroatoms. The van der Waals surface area contributed by atoms with Gasteiger partial charge in [0.05, 0.1) is 29.8 Å². The molecular weight excluding hydrogens is 166 g/mol. The van der Waals surface area contributed by atoms with Crippen LogP contribution >= 0.6 is 0 Å². The topological polar surface area (TPSA) is 69.1 Å². The zero-order valence-corrected chi connectivity index (χ0v) is 7.01. The predicted octanol–water partition coefficient (Wildman–Crippen LogP) is 0.0721. The van der Waals surface area contributed by atoms with E-state index >= 15 is 0 Å². The molecule has 0 saturated heterocycles. The molecule has 0 bridgehead atoms. The van der Waals surface area contributed by atoms with Gasteiger partial charge in [-0.3, -0.25) is 0 Å². The summed E-state index contributed by atoms with van der Waals surface area (Å²) in [7, 11) is 0. The Balaban J connectivity index is 2.30. The first-order valence-electron chi connectivity index (χ1n) is 4.24. The number of rotatable bonds is 1. The van der Waals surface area contributed by atoms with Crippen molar-refractivity contribution in [3.05, 3.63) is 24.3 Å². The molecule has 1 saturated carbocycles. The van der Waals surface area contributed by atoms with Crippen LogP contribution in [0.5, 0.6) is 0 Å². The van der Waals surface area contributed by atoms with Crippen LogP contribution in [-0.2, 0) is 5.54 Å². The van der Waals surface area contributed by atoms with E-state index in [1.807, 2.05) is 0 Å². The van der Waals surface area contributed by atoms with Gasteiger partial charge in [-0.05, 0) is 12.8 Å². The number of hydrogen-bond acceptors (Lipinski definition) is 4. The molecule has 66 valence electrons. The Hall–Kier alpha value is -1.49. The molecule has 2 heterocycles. The molecule has 2 aromatic heterocycles. The lowest BCUT2D eigenvalue weighted by molar-refractivity contribution is 0.668. The molecular formula is C8H9N5. The molecule has 0 unspecified atom stereocenters. The minimum atomic E-state index is -0.199. The van der Waals surface area contributed by atoms with Gasteiger partial charge in [-0.15, -0.1) is 0 Å². The van der Waals surface area contributed by atoms with E-state index in [0.717, 1.165) is 18.5 Å². The molecule has 0 spiro atoms. The van der Waals surface area contributed by atoms with E-state index in [1.54, 1.807) is 23.1 Å². The fourth-order valence-corrected chi connectivity index (χ4v) is 1.46. The fourth-order valence-electron chi connectivity index (χ4n) is 1.46. The molecule has 13 heavy (non-hydrogen) atoms. The van der Waals surface area contributed by atoms with Crippen LogP contribution in [0.4, 0.5) is 0 Å². The summed E-state index contributed by atoms with van der Waals surface area (Å²) in [5.41, 5.74) is 6.82. The van der Waals surface area contributed by atoms with E-state index in [1.165, 1.54) is 0 Å². The molecule has 3 rings (SSSR count). The molecule has 1 aliphatic carbocycles. The summed E-state index contributed by atoms with van der Waals surface area (Å²) >= 11 is 0. The van der Waals surface area contributed by atoms with Crippen LogP contribution in [0.25, 0.3) is 5.78 Å². The maximum absolute atomic E-state index is 6.05. The number of imidazole rings is 1. The van der Waals surface area contributed by atoms with Crippen LogP contribution in [0.15, 0.2) is 18.6 Å². The van der Waals surface area contributed by atoms with Gasteiger partial charge in [0.15, 0.2) is 0 Å². The van der Waals surface area contributed by atoms with E-state index in [4.69, 9.17) is 5.73 Å². The van der Waals surface area contributed by atoms with E-state index in [9.17, 15) is 0 Å². The largest absolute Gasteiger partial charge is 0.320 e. The van der Waals surface area contributed by atoms with Crippen LogP contribution < -0.4 is 5.73 Å². The molecule has 2 aromatic rings. The average molecular weight is 175 g/mol. The van der Waals surface area contributed by atoms with Gasteiger partial charge in [0, 0.05) is 0 Å². The first-order valence-corrected chi connectivity index (χ1v) is 4.24. The standard InChI is InChI=1S/C8H9N5/c9-8(1-2-8)6-5-11-7-10-3-4-12-13(6)7/h3-5H,1-2,9H2. The number of hydrogen-bond donors (Lipinski definition) is 1. The molecule has 0 atom stereocenters. The highest BCUT2D eigenvalue weighted by Crippen LogP contribution is 2.42. The van der Waals surface area contributed by atoms with Crippen molar-refractivity contribution in [2.75, 3.05) is 0 Å². The highest BCUT2D eigenvalue weighted by Gasteiger charge is 2.43. The number of nitrogens with two attached hydrogens (primary N) is 1. The first kappa shape index (κ1) is 6.97. The third-order valence-corrected chi connectivity index (χ3v) is 2.46. The number of nitrogens with zero attached hydrogens (tertiary/aromatic N) is 4. The quantitative estimate of drug-likeness (QED) is 0.666. The van der Waals surface area contributed by atoms with Crippen molar-refractivity contribution >= 4 is 5.78 Å². The van der Waals surface area contributed by atoms with Crippen molar-refractivity contribution in [2.24, 2.45) is 5.73 Å². The second kappa shape index (κ2) is 2.05. The van der Waals surface area contributed by atoms with Crippen molar-refractivity contribution < 1.29 is 0 Å². The van der Waals surface area contributed by atoms with Gasteiger partial charge in [-0.25, -0.2) is 9.97 Å². The zero-order chi connectivity index (χ0) is 8.89. The molecule has 5 nitrogen and oxygen atoms in total. The normalized spacial score (nSPS) is 19.2. The van der Waals surface area contributed by atoms with Gasteiger partial charge in [-0.2, -0.15) is 9.61 Å². The molecule has 0 radical (unpaired) electrons. The Kier molecular flexibility index (Phi) is 1.10. The SMILES string of the molecule is NC1(c2cnc3nccnn23)CC1. The summed E-state index contributed by atoms with van der Waals surface area (Å²) in [5, 5.41) is 4.16. The molecule has 0 amide bonds. The summed E-state index contributed by atoms with van der Waals surface area (Å²) < 4.78 is 1.72. The van der Waals surface area contributed by atoms with Gasteiger partial charge in [-0.1, -0.05) is 0 Å². The molecule has 0 aromatic carbocycles. The smallest absolute Gasteiger partial charge is 0.250 e. The maximum atomic E-state index is 6.05. The lowest BCUT2D eigenvalue weighted by Gasteiger charge is -2.05. The Morgan fingerprint density at radius 3 is 2.92 bits per heavy atom. The van der Waals surface area contributed by atoms with Gasteiger partial charge in [0.25, 0.3) is 5.78 Å². The number of aromatic nitrogens is 4. The lowest BCUT2D eigenvalue weighted by atomic mass is 10.2. The van der Waals surface area contributed by atoms with Crippen LogP contribution in [0.2, 0.25) is 0 Å². The lowest BCUT2D eigenvalue weighted by Crippen LogP contribution is -2.21. The van der Waals surface area contributed by atoms with Gasteiger partial charge >= 0.3 is 0 Å². The summed E-state index contributed by atoms with van der Waals surface area (Å²) in [4.78, 5) is 8.21. The second-order valence-electron chi connectivity index (χ2n) is 3.45. The van der Waals surface area contributed by atoms with E-state index in [2.05, 4.69) is 15.1 Å². The second-order valence-corrected chi connectivity index (χ2v) is 3.45. The Labute approximate surface area is 74.6 Å². The van der Waals surface area contributed by atoms with Gasteiger partial charge in [0.2, 0.25) is 0 Å². The Morgan fingerprint density at radius 1 is 1.31 bits per heavy atom. The minimum Gasteiger partial charge on any atom is -0.320 e. The van der Waals surface area contributed by atoms with Crippen LogP contribution in [0, 0.1) is 0 Å². The highest BCUT2D eigenvalue weighted by atomic mass is 15.3. The maximum Gasteiger partial charge on any atom is 0.250 e. The van der Waals surface area contributed by atoms with Crippen LogP contribution in [-0.4, -0.2) is 19.6 Å². The fraction of sp³-hybridized carbons (Fsp3) is 0.375. The van der Waals surface area contributed by atoms with E-state index in [0.29, 0.717) is 5.78 Å². The molecule has 1 fully saturated rings. The number of fused-ring (bicyclic) bond motifs is 1. The van der Waals surface area contributed by atoms with Crippen molar-refractivity contribution in [2.45, 2.75) is 18.4 Å². The Morgan fingerprint density at radius 2 is 2.15 bits per heavy atom. The van der Waals surface area contributed by atoms with Gasteiger partial charge in [0.1, 0.15) is 0 Å². The molecule has 2 N–H and O–H groups in total. The monoisotopic (exact) mass is 175 g/mol.